The van der Waals surface area contributed by atoms with E-state index in [9.17, 15) is 22.8 Å². The molecule has 0 aliphatic rings. The zero-order valence-electron chi connectivity index (χ0n) is 21.0. The molecule has 1 N–H and O–H groups in total. The van der Waals surface area contributed by atoms with E-state index in [4.69, 9.17) is 25.8 Å². The number of esters is 1. The van der Waals surface area contributed by atoms with Gasteiger partial charge in [-0.2, -0.15) is 0 Å². The van der Waals surface area contributed by atoms with Crippen LogP contribution in [0, 0.1) is 0 Å². The van der Waals surface area contributed by atoms with E-state index < -0.39 is 28.5 Å². The minimum atomic E-state index is -4.17. The third kappa shape index (κ3) is 6.24. The van der Waals surface area contributed by atoms with Gasteiger partial charge in [-0.15, -0.1) is 0 Å². The molecule has 10 nitrogen and oxygen atoms in total. The molecular formula is C26H25ClN2O8S. The van der Waals surface area contributed by atoms with E-state index in [0.29, 0.717) is 11.3 Å². The molecule has 0 aliphatic heterocycles. The molecular weight excluding hydrogens is 536 g/mol. The molecule has 3 rings (SSSR count). The molecule has 3 aromatic rings. The van der Waals surface area contributed by atoms with Crippen LogP contribution < -0.4 is 19.1 Å². The molecule has 0 bridgehead atoms. The van der Waals surface area contributed by atoms with Crippen molar-refractivity contribution in [1.82, 2.24) is 0 Å². The van der Waals surface area contributed by atoms with Crippen LogP contribution in [0.15, 0.2) is 65.6 Å². The first kappa shape index (κ1) is 28.5. The zero-order chi connectivity index (χ0) is 28.0. The van der Waals surface area contributed by atoms with E-state index in [1.54, 1.807) is 24.3 Å². The van der Waals surface area contributed by atoms with E-state index in [1.807, 2.05) is 0 Å². The summed E-state index contributed by atoms with van der Waals surface area (Å²) < 4.78 is 43.2. The van der Waals surface area contributed by atoms with Crippen LogP contribution in [0.4, 0.5) is 11.4 Å². The largest absolute Gasteiger partial charge is 0.495 e. The second-order valence-corrected chi connectivity index (χ2v) is 10.3. The Kier molecular flexibility index (Phi) is 8.97. The maximum atomic E-state index is 13.3. The van der Waals surface area contributed by atoms with Crippen LogP contribution in [0.1, 0.15) is 27.6 Å². The monoisotopic (exact) mass is 560 g/mol. The number of hydrogen-bond donors (Lipinski definition) is 1. The van der Waals surface area contributed by atoms with Gasteiger partial charge in [0.25, 0.3) is 15.9 Å². The number of para-hydroxylation sites is 1. The van der Waals surface area contributed by atoms with Gasteiger partial charge in [-0.1, -0.05) is 29.8 Å². The first-order valence-corrected chi connectivity index (χ1v) is 12.9. The Balaban J connectivity index is 1.77. The fraction of sp³-hybridized carbons (Fsp3) is 0.192. The van der Waals surface area contributed by atoms with Crippen molar-refractivity contribution in [3.05, 3.63) is 76.8 Å². The molecule has 0 heterocycles. The van der Waals surface area contributed by atoms with Gasteiger partial charge >= 0.3 is 5.97 Å². The summed E-state index contributed by atoms with van der Waals surface area (Å²) in [6.45, 7) is 0.715. The summed E-state index contributed by atoms with van der Waals surface area (Å²) in [5, 5.41) is 2.69. The molecule has 3 aromatic carbocycles. The van der Waals surface area contributed by atoms with Crippen molar-refractivity contribution in [3.63, 3.8) is 0 Å². The van der Waals surface area contributed by atoms with Gasteiger partial charge in [0.15, 0.2) is 12.4 Å². The fourth-order valence-corrected chi connectivity index (χ4v) is 4.94. The number of amides is 1. The first-order valence-electron chi connectivity index (χ1n) is 11.1. The van der Waals surface area contributed by atoms with Crippen LogP contribution >= 0.6 is 11.6 Å². The highest BCUT2D eigenvalue weighted by atomic mass is 35.5. The van der Waals surface area contributed by atoms with Crippen molar-refractivity contribution in [2.75, 3.05) is 37.5 Å². The number of methoxy groups -OCH3 is 2. The average molecular weight is 561 g/mol. The van der Waals surface area contributed by atoms with Crippen molar-refractivity contribution < 1.29 is 37.0 Å². The molecule has 0 radical (unpaired) electrons. The minimum absolute atomic E-state index is 0.0869. The summed E-state index contributed by atoms with van der Waals surface area (Å²) in [5.41, 5.74) is 0.653. The van der Waals surface area contributed by atoms with Gasteiger partial charge in [0, 0.05) is 18.7 Å². The van der Waals surface area contributed by atoms with Gasteiger partial charge in [-0.3, -0.25) is 13.9 Å². The Bertz CT molecular complexity index is 1490. The van der Waals surface area contributed by atoms with Crippen molar-refractivity contribution in [3.8, 4) is 11.5 Å². The number of halogens is 1. The second kappa shape index (κ2) is 12.0. The summed E-state index contributed by atoms with van der Waals surface area (Å²) >= 11 is 6.19. The number of carbonyl (C=O) groups excluding carboxylic acids is 3. The van der Waals surface area contributed by atoms with Crippen molar-refractivity contribution in [2.24, 2.45) is 0 Å². The smallest absolute Gasteiger partial charge is 0.338 e. The number of benzene rings is 3. The Hall–Kier alpha value is -4.09. The molecule has 38 heavy (non-hydrogen) atoms. The van der Waals surface area contributed by atoms with Gasteiger partial charge in [0.2, 0.25) is 0 Å². The highest BCUT2D eigenvalue weighted by Crippen LogP contribution is 2.39. The van der Waals surface area contributed by atoms with Gasteiger partial charge in [0.1, 0.15) is 11.5 Å². The fourth-order valence-electron chi connectivity index (χ4n) is 3.46. The van der Waals surface area contributed by atoms with Crippen LogP contribution in [0.3, 0.4) is 0 Å². The zero-order valence-corrected chi connectivity index (χ0v) is 22.6. The van der Waals surface area contributed by atoms with Crippen molar-refractivity contribution in [1.29, 1.82) is 0 Å². The van der Waals surface area contributed by atoms with Crippen LogP contribution in [-0.2, 0) is 19.6 Å². The Morgan fingerprint density at radius 1 is 0.947 bits per heavy atom. The molecule has 0 saturated carbocycles. The SMILES string of the molecule is COc1cc(OC)c(N(C)S(=O)(=O)c2cccc(C(=O)OCC(=O)Nc3ccccc3C(C)=O)c2)cc1Cl. The number of Topliss-reactive ketones (excluding diaryl/α,β-unsaturated/α-hetero) is 1. The highest BCUT2D eigenvalue weighted by molar-refractivity contribution is 7.92. The lowest BCUT2D eigenvalue weighted by Gasteiger charge is -2.23. The summed E-state index contributed by atoms with van der Waals surface area (Å²) in [6.07, 6.45) is 0. The third-order valence-corrected chi connectivity index (χ3v) is 7.50. The minimum Gasteiger partial charge on any atom is -0.495 e. The maximum Gasteiger partial charge on any atom is 0.338 e. The predicted octanol–water partition coefficient (Wildman–Crippen LogP) is 4.18. The quantitative estimate of drug-likeness (QED) is 0.289. The number of anilines is 2. The number of ketones is 1. The molecule has 0 atom stereocenters. The lowest BCUT2D eigenvalue weighted by Crippen LogP contribution is -2.27. The normalized spacial score (nSPS) is 10.9. The predicted molar refractivity (Wildman–Crippen MR) is 142 cm³/mol. The number of rotatable bonds is 10. The molecule has 0 unspecified atom stereocenters. The van der Waals surface area contributed by atoms with Gasteiger partial charge < -0.3 is 19.5 Å². The third-order valence-electron chi connectivity index (χ3n) is 5.44. The number of ether oxygens (including phenoxy) is 3. The van der Waals surface area contributed by atoms with E-state index in [0.717, 1.165) is 10.4 Å². The Morgan fingerprint density at radius 3 is 2.29 bits per heavy atom. The lowest BCUT2D eigenvalue weighted by molar-refractivity contribution is -0.119. The maximum absolute atomic E-state index is 13.3. The number of hydrogen-bond acceptors (Lipinski definition) is 8. The summed E-state index contributed by atoms with van der Waals surface area (Å²) in [4.78, 5) is 36.4. The van der Waals surface area contributed by atoms with E-state index >= 15 is 0 Å². The van der Waals surface area contributed by atoms with Crippen LogP contribution in [0.2, 0.25) is 5.02 Å². The van der Waals surface area contributed by atoms with E-state index in [1.165, 1.54) is 58.5 Å². The molecule has 0 fully saturated rings. The van der Waals surface area contributed by atoms with Gasteiger partial charge in [-0.25, -0.2) is 13.2 Å². The lowest BCUT2D eigenvalue weighted by atomic mass is 10.1. The molecule has 0 saturated heterocycles. The molecule has 0 aliphatic carbocycles. The topological polar surface area (TPSA) is 128 Å². The van der Waals surface area contributed by atoms with Crippen LogP contribution in [-0.4, -0.2) is 54.0 Å². The van der Waals surface area contributed by atoms with Crippen molar-refractivity contribution >= 4 is 50.7 Å². The standard InChI is InChI=1S/C26H25ClN2O8S/c1-16(30)19-10-5-6-11-21(19)28-25(31)15-37-26(32)17-8-7-9-18(12-17)38(33,34)29(2)22-13-20(27)23(35-3)14-24(22)36-4/h5-14H,15H2,1-4H3,(H,28,31). The van der Waals surface area contributed by atoms with Crippen LogP contribution in [0.25, 0.3) is 0 Å². The Morgan fingerprint density at radius 2 is 1.63 bits per heavy atom. The Labute approximate surface area is 225 Å². The number of nitrogens with zero attached hydrogens (tertiary/aromatic N) is 1. The molecule has 12 heteroatoms. The number of carbonyl (C=O) groups is 3. The second-order valence-electron chi connectivity index (χ2n) is 7.89. The summed E-state index contributed by atoms with van der Waals surface area (Å²) in [7, 11) is -0.0674. The molecule has 200 valence electrons. The van der Waals surface area contributed by atoms with Gasteiger partial charge in [0.05, 0.1) is 41.1 Å². The van der Waals surface area contributed by atoms with Crippen molar-refractivity contribution in [2.45, 2.75) is 11.8 Å². The number of sulfonamides is 1. The highest BCUT2D eigenvalue weighted by Gasteiger charge is 2.26. The molecule has 1 amide bonds. The number of nitrogens with one attached hydrogen (secondary N) is 1. The van der Waals surface area contributed by atoms with Crippen LogP contribution in [0.5, 0.6) is 11.5 Å². The first-order chi connectivity index (χ1) is 18.0. The summed E-state index contributed by atoms with van der Waals surface area (Å²) in [5.74, 6) is -1.32. The molecule has 0 aromatic heterocycles. The van der Waals surface area contributed by atoms with Gasteiger partial charge in [-0.05, 0) is 43.3 Å². The van der Waals surface area contributed by atoms with E-state index in [-0.39, 0.29) is 38.4 Å². The average Bonchev–Trinajstić information content (AvgIpc) is 2.91. The molecule has 0 spiro atoms. The van der Waals surface area contributed by atoms with E-state index in [2.05, 4.69) is 5.32 Å². The summed E-state index contributed by atoms with van der Waals surface area (Å²) in [6, 6.07) is 14.4.